The van der Waals surface area contributed by atoms with Gasteiger partial charge in [-0.25, -0.2) is 4.39 Å². The van der Waals surface area contributed by atoms with Crippen LogP contribution in [0.1, 0.15) is 47.9 Å². The van der Waals surface area contributed by atoms with Gasteiger partial charge in [0.2, 0.25) is 5.91 Å². The summed E-state index contributed by atoms with van der Waals surface area (Å²) in [5.41, 5.74) is 3.11. The Bertz CT molecular complexity index is 796. The van der Waals surface area contributed by atoms with E-state index in [1.54, 1.807) is 18.3 Å². The van der Waals surface area contributed by atoms with E-state index >= 15 is 0 Å². The van der Waals surface area contributed by atoms with Gasteiger partial charge in [0.25, 0.3) is 0 Å². The maximum Gasteiger partial charge on any atom is 0.233 e. The molecule has 2 aromatic carbocycles. The monoisotopic (exact) mass is 336 g/mol. The first-order valence-electron chi connectivity index (χ1n) is 8.86. The number of halogens is 1. The highest BCUT2D eigenvalue weighted by atomic mass is 19.1. The topological polar surface area (TPSA) is 41.5 Å². The minimum absolute atomic E-state index is 0.0304. The van der Waals surface area contributed by atoms with E-state index in [4.69, 9.17) is 0 Å². The molecule has 4 heteroatoms. The van der Waals surface area contributed by atoms with Gasteiger partial charge in [-0.2, -0.15) is 0 Å². The van der Waals surface area contributed by atoms with Crippen LogP contribution in [0, 0.1) is 11.7 Å². The second kappa shape index (κ2) is 6.79. The van der Waals surface area contributed by atoms with Gasteiger partial charge in [-0.15, -0.1) is 0 Å². The summed E-state index contributed by atoms with van der Waals surface area (Å²) in [6, 6.07) is 14.4. The average molecular weight is 336 g/mol. The van der Waals surface area contributed by atoms with Crippen LogP contribution in [-0.2, 0) is 11.3 Å². The van der Waals surface area contributed by atoms with Gasteiger partial charge in [-0.1, -0.05) is 42.8 Å². The highest BCUT2D eigenvalue weighted by Crippen LogP contribution is 2.38. The quantitative estimate of drug-likeness (QED) is 0.895. The van der Waals surface area contributed by atoms with Crippen LogP contribution in [0.15, 0.2) is 53.5 Å². The Morgan fingerprint density at radius 3 is 2.60 bits per heavy atom. The number of nitrogens with one attached hydrogen (secondary N) is 1. The summed E-state index contributed by atoms with van der Waals surface area (Å²) in [6.45, 7) is 0.629. The number of fused-ring (bicyclic) bond motifs is 1. The first-order chi connectivity index (χ1) is 12.2. The summed E-state index contributed by atoms with van der Waals surface area (Å²) in [5.74, 6) is -0.217. The molecular weight excluding hydrogens is 315 g/mol. The van der Waals surface area contributed by atoms with Crippen molar-refractivity contribution in [1.82, 2.24) is 5.32 Å². The van der Waals surface area contributed by atoms with Crippen LogP contribution in [-0.4, -0.2) is 12.1 Å². The van der Waals surface area contributed by atoms with Gasteiger partial charge >= 0.3 is 0 Å². The maximum absolute atomic E-state index is 13.3. The fourth-order valence-corrected chi connectivity index (χ4v) is 3.69. The van der Waals surface area contributed by atoms with E-state index in [0.29, 0.717) is 12.5 Å². The molecule has 0 spiro atoms. The molecule has 2 atom stereocenters. The predicted octanol–water partition coefficient (Wildman–Crippen LogP) is 4.15. The second-order valence-electron chi connectivity index (χ2n) is 6.90. The molecule has 0 aromatic heterocycles. The Balaban J connectivity index is 1.57. The molecule has 1 fully saturated rings. The molecule has 0 bridgehead atoms. The smallest absolute Gasteiger partial charge is 0.233 e. The minimum Gasteiger partial charge on any atom is -0.348 e. The van der Waals surface area contributed by atoms with Crippen molar-refractivity contribution in [2.45, 2.75) is 37.8 Å². The van der Waals surface area contributed by atoms with E-state index in [9.17, 15) is 9.18 Å². The first-order valence-corrected chi connectivity index (χ1v) is 8.86. The molecule has 0 radical (unpaired) electrons. The molecular formula is C21H21FN2O. The number of rotatable bonds is 4. The van der Waals surface area contributed by atoms with E-state index in [1.807, 2.05) is 24.3 Å². The van der Waals surface area contributed by atoms with Gasteiger partial charge in [-0.05, 0) is 47.6 Å². The molecule has 1 unspecified atom stereocenters. The Labute approximate surface area is 147 Å². The Morgan fingerprint density at radius 1 is 1.12 bits per heavy atom. The number of nitrogens with zero attached hydrogens (tertiary/aromatic N) is 1. The summed E-state index contributed by atoms with van der Waals surface area (Å²) in [7, 11) is 0. The molecule has 1 amide bonds. The second-order valence-corrected chi connectivity index (χ2v) is 6.90. The van der Waals surface area contributed by atoms with Gasteiger partial charge < -0.3 is 5.32 Å². The largest absolute Gasteiger partial charge is 0.348 e. The van der Waals surface area contributed by atoms with Crippen molar-refractivity contribution < 1.29 is 9.18 Å². The molecule has 2 aliphatic rings. The van der Waals surface area contributed by atoms with Crippen LogP contribution in [0.2, 0.25) is 0 Å². The standard InChI is InChI=1S/C21H21FN2O/c22-17-10-8-15(9-11-17)20(14-5-3-6-14)24-21(25)19-13-23-12-16-4-1-2-7-18(16)19/h1-2,4,7-11,13-14,19-20H,3,5-6,12H2,(H,24,25)/t19?,20-/m0/s1. The molecule has 25 heavy (non-hydrogen) atoms. The molecule has 3 nitrogen and oxygen atoms in total. The molecule has 0 saturated heterocycles. The zero-order valence-corrected chi connectivity index (χ0v) is 14.0. The van der Waals surface area contributed by atoms with Crippen LogP contribution < -0.4 is 5.32 Å². The van der Waals surface area contributed by atoms with Crippen molar-refractivity contribution in [3.63, 3.8) is 0 Å². The van der Waals surface area contributed by atoms with Crippen molar-refractivity contribution in [2.24, 2.45) is 10.9 Å². The van der Waals surface area contributed by atoms with E-state index in [0.717, 1.165) is 29.5 Å². The zero-order chi connectivity index (χ0) is 17.2. The third kappa shape index (κ3) is 3.21. The van der Waals surface area contributed by atoms with Crippen LogP contribution in [0.25, 0.3) is 0 Å². The van der Waals surface area contributed by atoms with Gasteiger partial charge in [-0.3, -0.25) is 9.79 Å². The van der Waals surface area contributed by atoms with E-state index in [1.165, 1.54) is 18.6 Å². The molecule has 1 aliphatic heterocycles. The highest BCUT2D eigenvalue weighted by molar-refractivity contribution is 6.00. The lowest BCUT2D eigenvalue weighted by Gasteiger charge is -2.35. The number of aliphatic imine (C=N–C) groups is 1. The van der Waals surface area contributed by atoms with Gasteiger partial charge in [0.05, 0.1) is 18.5 Å². The van der Waals surface area contributed by atoms with Crippen LogP contribution in [0.3, 0.4) is 0 Å². The molecule has 1 aliphatic carbocycles. The number of carbonyl (C=O) groups is 1. The van der Waals surface area contributed by atoms with Crippen molar-refractivity contribution in [3.05, 3.63) is 71.0 Å². The lowest BCUT2D eigenvalue weighted by atomic mass is 9.77. The summed E-state index contributed by atoms with van der Waals surface area (Å²) in [6.07, 6.45) is 5.13. The number of amides is 1. The molecule has 128 valence electrons. The summed E-state index contributed by atoms with van der Waals surface area (Å²) in [5, 5.41) is 3.21. The van der Waals surface area contributed by atoms with Gasteiger partial charge in [0.15, 0.2) is 0 Å². The molecule has 2 aromatic rings. The third-order valence-electron chi connectivity index (χ3n) is 5.34. The number of carbonyl (C=O) groups excluding carboxylic acids is 1. The third-order valence-corrected chi connectivity index (χ3v) is 5.34. The van der Waals surface area contributed by atoms with Gasteiger partial charge in [0, 0.05) is 6.21 Å². The van der Waals surface area contributed by atoms with Crippen molar-refractivity contribution in [3.8, 4) is 0 Å². The fourth-order valence-electron chi connectivity index (χ4n) is 3.69. The number of hydrogen-bond acceptors (Lipinski definition) is 2. The highest BCUT2D eigenvalue weighted by Gasteiger charge is 2.32. The summed E-state index contributed by atoms with van der Waals surface area (Å²) in [4.78, 5) is 17.3. The Kier molecular flexibility index (Phi) is 4.35. The molecule has 1 saturated carbocycles. The predicted molar refractivity (Wildman–Crippen MR) is 96.0 cm³/mol. The maximum atomic E-state index is 13.3. The summed E-state index contributed by atoms with van der Waals surface area (Å²) >= 11 is 0. The van der Waals surface area contributed by atoms with Crippen molar-refractivity contribution >= 4 is 12.1 Å². The first kappa shape index (κ1) is 16.0. The Morgan fingerprint density at radius 2 is 1.88 bits per heavy atom. The number of hydrogen-bond donors (Lipinski definition) is 1. The lowest BCUT2D eigenvalue weighted by molar-refractivity contribution is -0.122. The zero-order valence-electron chi connectivity index (χ0n) is 14.0. The minimum atomic E-state index is -0.354. The van der Waals surface area contributed by atoms with Crippen LogP contribution in [0.5, 0.6) is 0 Å². The normalized spacial score (nSPS) is 20.4. The average Bonchev–Trinajstić information content (AvgIpc) is 2.60. The Hall–Kier alpha value is -2.49. The van der Waals surface area contributed by atoms with Crippen molar-refractivity contribution in [1.29, 1.82) is 0 Å². The van der Waals surface area contributed by atoms with Crippen LogP contribution in [0.4, 0.5) is 4.39 Å². The SMILES string of the molecule is O=C(N[C@H](c1ccc(F)cc1)C1CCC1)C1C=NCc2ccccc21. The molecule has 1 N–H and O–H groups in total. The van der Waals surface area contributed by atoms with Crippen molar-refractivity contribution in [2.75, 3.05) is 0 Å². The fraction of sp³-hybridized carbons (Fsp3) is 0.333. The van der Waals surface area contributed by atoms with E-state index in [2.05, 4.69) is 10.3 Å². The van der Waals surface area contributed by atoms with E-state index in [-0.39, 0.29) is 23.7 Å². The van der Waals surface area contributed by atoms with E-state index < -0.39 is 0 Å². The molecule has 1 heterocycles. The van der Waals surface area contributed by atoms with Gasteiger partial charge in [0.1, 0.15) is 5.82 Å². The number of benzene rings is 2. The lowest BCUT2D eigenvalue weighted by Crippen LogP contribution is -2.39. The molecule has 4 rings (SSSR count). The summed E-state index contributed by atoms with van der Waals surface area (Å²) < 4.78 is 13.3. The van der Waals surface area contributed by atoms with Crippen LogP contribution >= 0.6 is 0 Å².